The van der Waals surface area contributed by atoms with Crippen LogP contribution < -0.4 is 16.7 Å². The molecule has 2 aliphatic rings. The highest BCUT2D eigenvalue weighted by Gasteiger charge is 2.26. The van der Waals surface area contributed by atoms with Gasteiger partial charge in [0.2, 0.25) is 5.95 Å². The highest BCUT2D eigenvalue weighted by atomic mass is 16.1. The van der Waals surface area contributed by atoms with Gasteiger partial charge in [-0.15, -0.1) is 0 Å². The van der Waals surface area contributed by atoms with Crippen LogP contribution in [0.5, 0.6) is 0 Å². The molecule has 3 aromatic rings. The predicted molar refractivity (Wildman–Crippen MR) is 131 cm³/mol. The number of Topliss-reactive ketones (excluding diaryl/α,β-unsaturated/α-hetero) is 1. The minimum Gasteiger partial charge on any atom is -0.309 e. The van der Waals surface area contributed by atoms with E-state index in [-0.39, 0.29) is 22.9 Å². The average Bonchev–Trinajstić information content (AvgIpc) is 3.34. The molecule has 5 rings (SSSR count). The van der Waals surface area contributed by atoms with Crippen molar-refractivity contribution in [1.29, 1.82) is 0 Å². The Kier molecular flexibility index (Phi) is 6.14. The number of piperidine rings is 1. The minimum absolute atomic E-state index is 0.0498. The Hall–Kier alpha value is -3.17. The second-order valence-corrected chi connectivity index (χ2v) is 9.51. The molecule has 0 atom stereocenters. The molecule has 1 saturated carbocycles. The number of hydrazine groups is 1. The number of aryl methyl sites for hydroxylation is 1. The SMILES string of the molecule is CC(=O)c1c(C)c2cnc(Nc3ccc(C4CCN(N)CC4)cn3)nc2n(C2CCCC2)c1=O. The van der Waals surface area contributed by atoms with Crippen molar-refractivity contribution in [3.8, 4) is 0 Å². The van der Waals surface area contributed by atoms with Crippen molar-refractivity contribution in [1.82, 2.24) is 24.5 Å². The van der Waals surface area contributed by atoms with Gasteiger partial charge in [-0.25, -0.2) is 15.0 Å². The molecule has 0 radical (unpaired) electrons. The zero-order chi connectivity index (χ0) is 23.8. The summed E-state index contributed by atoms with van der Waals surface area (Å²) < 4.78 is 1.72. The third kappa shape index (κ3) is 4.21. The molecule has 1 aliphatic heterocycles. The maximum atomic E-state index is 13.3. The molecule has 0 aromatic carbocycles. The number of carbonyl (C=O) groups excluding carboxylic acids is 1. The fourth-order valence-electron chi connectivity index (χ4n) is 5.38. The van der Waals surface area contributed by atoms with Crippen molar-refractivity contribution >= 4 is 28.6 Å². The summed E-state index contributed by atoms with van der Waals surface area (Å²) >= 11 is 0. The first kappa shape index (κ1) is 22.6. The zero-order valence-electron chi connectivity index (χ0n) is 19.8. The van der Waals surface area contributed by atoms with Gasteiger partial charge in [0.15, 0.2) is 5.78 Å². The number of nitrogens with zero attached hydrogens (tertiary/aromatic N) is 5. The van der Waals surface area contributed by atoms with Crippen LogP contribution in [0.25, 0.3) is 11.0 Å². The summed E-state index contributed by atoms with van der Waals surface area (Å²) in [6, 6.07) is 4.07. The van der Waals surface area contributed by atoms with E-state index in [2.05, 4.69) is 21.4 Å². The monoisotopic (exact) mass is 461 g/mol. The maximum Gasteiger partial charge on any atom is 0.263 e. The Morgan fingerprint density at radius 1 is 1.09 bits per heavy atom. The first-order chi connectivity index (χ1) is 16.4. The van der Waals surface area contributed by atoms with Crippen LogP contribution in [0, 0.1) is 6.92 Å². The molecule has 3 N–H and O–H groups in total. The van der Waals surface area contributed by atoms with E-state index < -0.39 is 0 Å². The number of aromatic nitrogens is 4. The van der Waals surface area contributed by atoms with Crippen molar-refractivity contribution in [3.63, 3.8) is 0 Å². The van der Waals surface area contributed by atoms with Crippen LogP contribution in [0.1, 0.15) is 78.9 Å². The van der Waals surface area contributed by atoms with E-state index in [0.29, 0.717) is 28.9 Å². The number of nitrogens with two attached hydrogens (primary N) is 1. The largest absolute Gasteiger partial charge is 0.309 e. The minimum atomic E-state index is -0.250. The Balaban J connectivity index is 1.48. The van der Waals surface area contributed by atoms with Gasteiger partial charge in [-0.2, -0.15) is 4.98 Å². The number of pyridine rings is 2. The molecule has 3 aromatic heterocycles. The first-order valence-electron chi connectivity index (χ1n) is 12.1. The van der Waals surface area contributed by atoms with E-state index in [1.165, 1.54) is 12.5 Å². The highest BCUT2D eigenvalue weighted by molar-refractivity contribution is 5.99. The quantitative estimate of drug-likeness (QED) is 0.437. The van der Waals surface area contributed by atoms with Crippen LogP contribution >= 0.6 is 0 Å². The van der Waals surface area contributed by atoms with Gasteiger partial charge in [-0.05, 0) is 62.6 Å². The van der Waals surface area contributed by atoms with Gasteiger partial charge in [-0.3, -0.25) is 20.0 Å². The first-order valence-corrected chi connectivity index (χ1v) is 12.1. The zero-order valence-corrected chi connectivity index (χ0v) is 19.8. The fourth-order valence-corrected chi connectivity index (χ4v) is 5.38. The number of rotatable bonds is 5. The van der Waals surface area contributed by atoms with Crippen LogP contribution in [0.15, 0.2) is 29.3 Å². The lowest BCUT2D eigenvalue weighted by atomic mass is 9.91. The van der Waals surface area contributed by atoms with Gasteiger partial charge in [0.25, 0.3) is 5.56 Å². The molecule has 178 valence electrons. The van der Waals surface area contributed by atoms with Gasteiger partial charge in [0, 0.05) is 36.9 Å². The molecule has 4 heterocycles. The molecule has 0 bridgehead atoms. The molecule has 0 spiro atoms. The molecular formula is C25H31N7O2. The van der Waals surface area contributed by atoms with Crippen LogP contribution in [-0.4, -0.2) is 43.4 Å². The summed E-state index contributed by atoms with van der Waals surface area (Å²) in [5.74, 6) is 7.14. The van der Waals surface area contributed by atoms with Crippen LogP contribution in [-0.2, 0) is 0 Å². The van der Waals surface area contributed by atoms with E-state index in [4.69, 9.17) is 10.8 Å². The molecule has 2 fully saturated rings. The number of hydrogen-bond acceptors (Lipinski definition) is 8. The van der Waals surface area contributed by atoms with E-state index in [0.717, 1.165) is 57.0 Å². The third-order valence-electron chi connectivity index (χ3n) is 7.28. The van der Waals surface area contributed by atoms with Crippen LogP contribution in [0.3, 0.4) is 0 Å². The second kappa shape index (κ2) is 9.23. The van der Waals surface area contributed by atoms with Crippen molar-refractivity contribution in [2.75, 3.05) is 18.4 Å². The van der Waals surface area contributed by atoms with Crippen LogP contribution in [0.2, 0.25) is 0 Å². The number of ketones is 1. The van der Waals surface area contributed by atoms with Gasteiger partial charge in [-0.1, -0.05) is 18.9 Å². The van der Waals surface area contributed by atoms with Gasteiger partial charge >= 0.3 is 0 Å². The average molecular weight is 462 g/mol. The molecule has 9 heteroatoms. The smallest absolute Gasteiger partial charge is 0.263 e. The second-order valence-electron chi connectivity index (χ2n) is 9.51. The topological polar surface area (TPSA) is 119 Å². The summed E-state index contributed by atoms with van der Waals surface area (Å²) in [6.07, 6.45) is 9.61. The molecular weight excluding hydrogens is 430 g/mol. The van der Waals surface area contributed by atoms with E-state index in [9.17, 15) is 9.59 Å². The number of hydrogen-bond donors (Lipinski definition) is 2. The van der Waals surface area contributed by atoms with Gasteiger partial charge in [0.05, 0.1) is 5.56 Å². The Morgan fingerprint density at radius 2 is 1.82 bits per heavy atom. The van der Waals surface area contributed by atoms with Crippen molar-refractivity contribution in [3.05, 3.63) is 51.6 Å². The summed E-state index contributed by atoms with van der Waals surface area (Å²) in [5.41, 5.74) is 2.41. The van der Waals surface area contributed by atoms with E-state index in [1.807, 2.05) is 17.3 Å². The van der Waals surface area contributed by atoms with E-state index >= 15 is 0 Å². The Bertz CT molecular complexity index is 1270. The van der Waals surface area contributed by atoms with Crippen molar-refractivity contribution in [2.45, 2.75) is 64.3 Å². The lowest BCUT2D eigenvalue weighted by molar-refractivity contribution is 0.101. The maximum absolute atomic E-state index is 13.3. The van der Waals surface area contributed by atoms with Gasteiger partial charge < -0.3 is 5.32 Å². The lowest BCUT2D eigenvalue weighted by Gasteiger charge is -2.28. The van der Waals surface area contributed by atoms with Gasteiger partial charge in [0.1, 0.15) is 11.5 Å². The summed E-state index contributed by atoms with van der Waals surface area (Å²) in [5, 5.41) is 5.78. The highest BCUT2D eigenvalue weighted by Crippen LogP contribution is 2.32. The predicted octanol–water partition coefficient (Wildman–Crippen LogP) is 3.61. The number of nitrogens with one attached hydrogen (secondary N) is 1. The molecule has 1 saturated heterocycles. The third-order valence-corrected chi connectivity index (χ3v) is 7.28. The normalized spacial score (nSPS) is 18.0. The van der Waals surface area contributed by atoms with Crippen molar-refractivity contribution < 1.29 is 4.79 Å². The molecule has 1 aliphatic carbocycles. The Morgan fingerprint density at radius 3 is 2.47 bits per heavy atom. The number of fused-ring (bicyclic) bond motifs is 1. The van der Waals surface area contributed by atoms with E-state index in [1.54, 1.807) is 17.7 Å². The summed E-state index contributed by atoms with van der Waals surface area (Å²) in [7, 11) is 0. The molecule has 0 amide bonds. The number of carbonyl (C=O) groups is 1. The molecule has 0 unspecified atom stereocenters. The van der Waals surface area contributed by atoms with Crippen molar-refractivity contribution in [2.24, 2.45) is 5.84 Å². The molecule has 34 heavy (non-hydrogen) atoms. The molecule has 9 nitrogen and oxygen atoms in total. The summed E-state index contributed by atoms with van der Waals surface area (Å²) in [4.78, 5) is 39.4. The fraction of sp³-hybridized carbons (Fsp3) is 0.480. The standard InChI is InChI=1S/C25H31N7O2/c1-15-20-14-28-25(29-21-8-7-18(13-27-21)17-9-11-31(26)12-10-17)30-23(20)32(19-5-3-4-6-19)24(34)22(15)16(2)33/h7-8,13-14,17,19H,3-6,9-12,26H2,1-2H3,(H,27,28,29,30). The Labute approximate surface area is 198 Å². The lowest BCUT2D eigenvalue weighted by Crippen LogP contribution is -2.38. The van der Waals surface area contributed by atoms with Crippen LogP contribution in [0.4, 0.5) is 11.8 Å². The summed E-state index contributed by atoms with van der Waals surface area (Å²) in [6.45, 7) is 5.03. The number of anilines is 2.